The second-order valence-corrected chi connectivity index (χ2v) is 8.83. The van der Waals surface area contributed by atoms with Gasteiger partial charge >= 0.3 is 0 Å². The molecule has 8 heteroatoms. The minimum absolute atomic E-state index is 0.0990. The summed E-state index contributed by atoms with van der Waals surface area (Å²) in [5, 5.41) is 0. The van der Waals surface area contributed by atoms with Gasteiger partial charge in [-0.2, -0.15) is 4.31 Å². The number of carbonyl (C=O) groups is 1. The van der Waals surface area contributed by atoms with Gasteiger partial charge in [0.1, 0.15) is 0 Å². The number of sulfonamides is 1. The van der Waals surface area contributed by atoms with Crippen LogP contribution in [0.5, 0.6) is 0 Å². The Morgan fingerprint density at radius 2 is 1.88 bits per heavy atom. The summed E-state index contributed by atoms with van der Waals surface area (Å²) in [6, 6.07) is 5.01. The Bertz CT molecular complexity index is 880. The molecule has 1 saturated heterocycles. The number of rotatable bonds is 4. The average molecular weight is 364 g/mol. The molecule has 136 valence electrons. The Kier molecular flexibility index (Phi) is 4.83. The minimum atomic E-state index is -3.57. The van der Waals surface area contributed by atoms with E-state index < -0.39 is 10.0 Å². The van der Waals surface area contributed by atoms with Crippen LogP contribution in [0.15, 0.2) is 29.4 Å². The minimum Gasteiger partial charge on any atom is -0.340 e. The molecule has 0 spiro atoms. The number of aromatic nitrogens is 2. The predicted molar refractivity (Wildman–Crippen MR) is 95.5 cm³/mol. The highest BCUT2D eigenvalue weighted by atomic mass is 32.2. The average Bonchev–Trinajstić information content (AvgIpc) is 2.95. The van der Waals surface area contributed by atoms with Crippen LogP contribution in [0.25, 0.3) is 11.0 Å². The van der Waals surface area contributed by atoms with Gasteiger partial charge < -0.3 is 9.47 Å². The van der Waals surface area contributed by atoms with Gasteiger partial charge in [-0.3, -0.25) is 4.79 Å². The fourth-order valence-corrected chi connectivity index (χ4v) is 4.52. The summed E-state index contributed by atoms with van der Waals surface area (Å²) in [5.74, 6) is 0.404. The normalized spacial score (nSPS) is 16.7. The largest absolute Gasteiger partial charge is 0.340 e. The van der Waals surface area contributed by atoms with E-state index in [-0.39, 0.29) is 10.8 Å². The molecule has 0 bridgehead atoms. The quantitative estimate of drug-likeness (QED) is 0.823. The molecule has 7 nitrogen and oxygen atoms in total. The van der Waals surface area contributed by atoms with Gasteiger partial charge in [0.2, 0.25) is 15.9 Å². The Morgan fingerprint density at radius 3 is 2.52 bits per heavy atom. The molecule has 1 amide bonds. The topological polar surface area (TPSA) is 75.5 Å². The Balaban J connectivity index is 1.73. The fourth-order valence-electron chi connectivity index (χ4n) is 3.08. The summed E-state index contributed by atoms with van der Waals surface area (Å²) >= 11 is 0. The molecule has 0 unspecified atom stereocenters. The highest BCUT2D eigenvalue weighted by Crippen LogP contribution is 2.22. The molecule has 1 aliphatic rings. The molecule has 1 aliphatic heterocycles. The van der Waals surface area contributed by atoms with Crippen LogP contribution in [0.4, 0.5) is 0 Å². The van der Waals surface area contributed by atoms with Gasteiger partial charge in [0.15, 0.2) is 0 Å². The lowest BCUT2D eigenvalue weighted by Crippen LogP contribution is -2.50. The number of nitrogens with zero attached hydrogens (tertiary/aromatic N) is 4. The smallest absolute Gasteiger partial charge is 0.243 e. The van der Waals surface area contributed by atoms with E-state index in [2.05, 4.69) is 4.98 Å². The number of imidazole rings is 1. The SMILES string of the molecule is CC(C)CC(=O)N1CCN(S(=O)(=O)c2ccc3c(c2)ncn3C)CC1. The van der Waals surface area contributed by atoms with Crippen molar-refractivity contribution in [3.8, 4) is 0 Å². The van der Waals surface area contributed by atoms with Crippen molar-refractivity contribution in [1.82, 2.24) is 18.8 Å². The molecule has 0 N–H and O–H groups in total. The maximum absolute atomic E-state index is 12.9. The Morgan fingerprint density at radius 1 is 1.20 bits per heavy atom. The second kappa shape index (κ2) is 6.76. The number of aryl methyl sites for hydroxylation is 1. The number of benzene rings is 1. The third-order valence-electron chi connectivity index (χ3n) is 4.51. The van der Waals surface area contributed by atoms with Crippen molar-refractivity contribution in [2.24, 2.45) is 13.0 Å². The Labute approximate surface area is 148 Å². The first-order chi connectivity index (χ1) is 11.8. The van der Waals surface area contributed by atoms with E-state index in [1.54, 1.807) is 29.4 Å². The van der Waals surface area contributed by atoms with Gasteiger partial charge in [-0.15, -0.1) is 0 Å². The van der Waals surface area contributed by atoms with E-state index >= 15 is 0 Å². The first-order valence-corrected chi connectivity index (χ1v) is 9.92. The summed E-state index contributed by atoms with van der Waals surface area (Å²) in [4.78, 5) is 18.4. The maximum Gasteiger partial charge on any atom is 0.243 e. The summed E-state index contributed by atoms with van der Waals surface area (Å²) in [7, 11) is -1.70. The molecule has 2 heterocycles. The predicted octanol–water partition coefficient (Wildman–Crippen LogP) is 1.45. The van der Waals surface area contributed by atoms with Gasteiger partial charge in [0.05, 0.1) is 22.3 Å². The van der Waals surface area contributed by atoms with E-state index in [1.165, 1.54) is 4.31 Å². The monoisotopic (exact) mass is 364 g/mol. The third-order valence-corrected chi connectivity index (χ3v) is 6.40. The highest BCUT2D eigenvalue weighted by molar-refractivity contribution is 7.89. The van der Waals surface area contributed by atoms with Crippen LogP contribution < -0.4 is 0 Å². The van der Waals surface area contributed by atoms with Gasteiger partial charge in [0.25, 0.3) is 0 Å². The van der Waals surface area contributed by atoms with E-state index in [9.17, 15) is 13.2 Å². The number of fused-ring (bicyclic) bond motifs is 1. The first kappa shape index (κ1) is 17.9. The van der Waals surface area contributed by atoms with Crippen molar-refractivity contribution in [3.05, 3.63) is 24.5 Å². The molecule has 0 saturated carbocycles. The van der Waals surface area contributed by atoms with Gasteiger partial charge in [-0.25, -0.2) is 13.4 Å². The number of amides is 1. The molecule has 1 aromatic carbocycles. The highest BCUT2D eigenvalue weighted by Gasteiger charge is 2.30. The molecule has 0 aliphatic carbocycles. The van der Waals surface area contributed by atoms with Crippen molar-refractivity contribution in [3.63, 3.8) is 0 Å². The lowest BCUT2D eigenvalue weighted by molar-refractivity contribution is -0.133. The third kappa shape index (κ3) is 3.55. The zero-order valence-electron chi connectivity index (χ0n) is 14.8. The van der Waals surface area contributed by atoms with Gasteiger partial charge in [-0.05, 0) is 24.1 Å². The molecular formula is C17H24N4O3S. The van der Waals surface area contributed by atoms with Crippen molar-refractivity contribution < 1.29 is 13.2 Å². The van der Waals surface area contributed by atoms with Crippen LogP contribution in [0.2, 0.25) is 0 Å². The maximum atomic E-state index is 12.9. The summed E-state index contributed by atoms with van der Waals surface area (Å²) in [5.41, 5.74) is 1.55. The van der Waals surface area contributed by atoms with E-state index in [4.69, 9.17) is 0 Å². The summed E-state index contributed by atoms with van der Waals surface area (Å²) < 4.78 is 29.1. The molecule has 25 heavy (non-hydrogen) atoms. The van der Waals surface area contributed by atoms with Crippen molar-refractivity contribution in [2.75, 3.05) is 26.2 Å². The number of piperazine rings is 1. The molecule has 0 radical (unpaired) electrons. The molecule has 0 atom stereocenters. The lowest BCUT2D eigenvalue weighted by Gasteiger charge is -2.34. The van der Waals surface area contributed by atoms with E-state index in [0.29, 0.717) is 44.0 Å². The zero-order valence-corrected chi connectivity index (χ0v) is 15.7. The van der Waals surface area contributed by atoms with Crippen LogP contribution in [0, 0.1) is 5.92 Å². The molecule has 1 fully saturated rings. The molecule has 2 aromatic rings. The van der Waals surface area contributed by atoms with Crippen LogP contribution in [-0.2, 0) is 21.9 Å². The molecule has 1 aromatic heterocycles. The van der Waals surface area contributed by atoms with Crippen LogP contribution in [0.1, 0.15) is 20.3 Å². The van der Waals surface area contributed by atoms with Gasteiger partial charge in [0, 0.05) is 39.6 Å². The standard InChI is InChI=1S/C17H24N4O3S/c1-13(2)10-17(22)20-6-8-21(9-7-20)25(23,24)14-4-5-16-15(11-14)18-12-19(16)3/h4-5,11-13H,6-10H2,1-3H3. The molecular weight excluding hydrogens is 340 g/mol. The van der Waals surface area contributed by atoms with Crippen molar-refractivity contribution in [1.29, 1.82) is 0 Å². The van der Waals surface area contributed by atoms with E-state index in [0.717, 1.165) is 5.52 Å². The number of carbonyl (C=O) groups excluding carboxylic acids is 1. The molecule has 3 rings (SSSR count). The number of hydrogen-bond acceptors (Lipinski definition) is 4. The zero-order chi connectivity index (χ0) is 18.2. The number of hydrogen-bond donors (Lipinski definition) is 0. The van der Waals surface area contributed by atoms with Crippen LogP contribution >= 0.6 is 0 Å². The summed E-state index contributed by atoms with van der Waals surface area (Å²) in [6.07, 6.45) is 2.17. The lowest BCUT2D eigenvalue weighted by atomic mass is 10.1. The second-order valence-electron chi connectivity index (χ2n) is 6.89. The first-order valence-electron chi connectivity index (χ1n) is 8.48. The van der Waals surface area contributed by atoms with Crippen LogP contribution in [0.3, 0.4) is 0 Å². The van der Waals surface area contributed by atoms with Gasteiger partial charge in [-0.1, -0.05) is 13.8 Å². The Hall–Kier alpha value is -1.93. The summed E-state index contributed by atoms with van der Waals surface area (Å²) in [6.45, 7) is 5.55. The van der Waals surface area contributed by atoms with Crippen LogP contribution in [-0.4, -0.2) is 59.3 Å². The van der Waals surface area contributed by atoms with Crippen molar-refractivity contribution in [2.45, 2.75) is 25.2 Å². The van der Waals surface area contributed by atoms with Crippen molar-refractivity contribution >= 4 is 27.0 Å². The fraction of sp³-hybridized carbons (Fsp3) is 0.529. The van der Waals surface area contributed by atoms with E-state index in [1.807, 2.05) is 25.5 Å².